The number of carbonyl (C=O) groups excluding carboxylic acids is 2. The third-order valence-corrected chi connectivity index (χ3v) is 2.92. The Bertz CT molecular complexity index is 741. The number of amides is 1. The second-order valence-electron chi connectivity index (χ2n) is 4.68. The summed E-state index contributed by atoms with van der Waals surface area (Å²) in [6, 6.07) is 12.4. The normalized spacial score (nSPS) is 10.5. The van der Waals surface area contributed by atoms with Crippen molar-refractivity contribution in [3.63, 3.8) is 0 Å². The largest absolute Gasteiger partial charge is 0.462 e. The van der Waals surface area contributed by atoms with E-state index < -0.39 is 5.97 Å². The van der Waals surface area contributed by atoms with Crippen LogP contribution in [0.5, 0.6) is 0 Å². The third-order valence-electron chi connectivity index (χ3n) is 2.92. The van der Waals surface area contributed by atoms with Crippen molar-refractivity contribution in [2.24, 2.45) is 0 Å². The first kappa shape index (κ1) is 16.4. The number of carbonyl (C=O) groups is 2. The summed E-state index contributed by atoms with van der Waals surface area (Å²) in [6.45, 7) is 2.01. The lowest BCUT2D eigenvalue weighted by molar-refractivity contribution is -0.111. The number of rotatable bonds is 5. The van der Waals surface area contributed by atoms with E-state index >= 15 is 0 Å². The van der Waals surface area contributed by atoms with Gasteiger partial charge in [-0.3, -0.25) is 4.79 Å². The van der Waals surface area contributed by atoms with Crippen molar-refractivity contribution in [2.45, 2.75) is 6.92 Å². The highest BCUT2D eigenvalue weighted by atomic mass is 19.1. The molecule has 2 rings (SSSR count). The lowest BCUT2D eigenvalue weighted by Crippen LogP contribution is -2.09. The SMILES string of the molecule is CCOC(=O)c1cccc(NC(=O)/C=C/c2cccc(F)c2)c1. The summed E-state index contributed by atoms with van der Waals surface area (Å²) in [7, 11) is 0. The molecule has 0 fully saturated rings. The Hall–Kier alpha value is -2.95. The summed E-state index contributed by atoms with van der Waals surface area (Å²) >= 11 is 0. The summed E-state index contributed by atoms with van der Waals surface area (Å²) in [6.07, 6.45) is 2.80. The van der Waals surface area contributed by atoms with Crippen LogP contribution in [0.25, 0.3) is 6.08 Å². The topological polar surface area (TPSA) is 55.4 Å². The molecular weight excluding hydrogens is 297 g/mol. The van der Waals surface area contributed by atoms with Gasteiger partial charge in [0.25, 0.3) is 0 Å². The van der Waals surface area contributed by atoms with E-state index in [1.165, 1.54) is 30.4 Å². The van der Waals surface area contributed by atoms with Gasteiger partial charge in [-0.25, -0.2) is 9.18 Å². The van der Waals surface area contributed by atoms with Gasteiger partial charge in [0, 0.05) is 11.8 Å². The van der Waals surface area contributed by atoms with Gasteiger partial charge in [-0.05, 0) is 48.9 Å². The molecule has 0 aromatic heterocycles. The molecule has 118 valence electrons. The number of hydrogen-bond acceptors (Lipinski definition) is 3. The lowest BCUT2D eigenvalue weighted by atomic mass is 10.2. The highest BCUT2D eigenvalue weighted by molar-refractivity contribution is 6.02. The molecule has 23 heavy (non-hydrogen) atoms. The molecule has 0 aliphatic rings. The number of nitrogens with one attached hydrogen (secondary N) is 1. The van der Waals surface area contributed by atoms with E-state index in [1.54, 1.807) is 37.3 Å². The van der Waals surface area contributed by atoms with Gasteiger partial charge >= 0.3 is 5.97 Å². The van der Waals surface area contributed by atoms with Crippen LogP contribution in [-0.4, -0.2) is 18.5 Å². The van der Waals surface area contributed by atoms with Gasteiger partial charge in [-0.15, -0.1) is 0 Å². The number of ether oxygens (including phenoxy) is 1. The lowest BCUT2D eigenvalue weighted by Gasteiger charge is -2.05. The second-order valence-corrected chi connectivity index (χ2v) is 4.68. The molecule has 0 unspecified atom stereocenters. The predicted molar refractivity (Wildman–Crippen MR) is 86.5 cm³/mol. The van der Waals surface area contributed by atoms with E-state index in [1.807, 2.05) is 0 Å². The molecule has 2 aromatic carbocycles. The van der Waals surface area contributed by atoms with E-state index in [2.05, 4.69) is 5.32 Å². The first-order valence-electron chi connectivity index (χ1n) is 7.10. The first-order chi connectivity index (χ1) is 11.1. The molecule has 0 aliphatic heterocycles. The fourth-order valence-electron chi connectivity index (χ4n) is 1.90. The van der Waals surface area contributed by atoms with Crippen LogP contribution in [0.2, 0.25) is 0 Å². The second kappa shape index (κ2) is 7.89. The van der Waals surface area contributed by atoms with Crippen LogP contribution < -0.4 is 5.32 Å². The van der Waals surface area contributed by atoms with Gasteiger partial charge in [0.1, 0.15) is 5.82 Å². The molecule has 0 atom stereocenters. The molecular formula is C18H16FNO3. The molecule has 0 saturated carbocycles. The highest BCUT2D eigenvalue weighted by Gasteiger charge is 2.07. The van der Waals surface area contributed by atoms with Crippen molar-refractivity contribution >= 4 is 23.6 Å². The van der Waals surface area contributed by atoms with E-state index in [-0.39, 0.29) is 18.3 Å². The maximum Gasteiger partial charge on any atom is 0.338 e. The molecule has 1 N–H and O–H groups in total. The number of benzene rings is 2. The number of hydrogen-bond donors (Lipinski definition) is 1. The van der Waals surface area contributed by atoms with Crippen molar-refractivity contribution in [3.05, 3.63) is 71.6 Å². The molecule has 0 radical (unpaired) electrons. The van der Waals surface area contributed by atoms with Crippen LogP contribution in [-0.2, 0) is 9.53 Å². The zero-order valence-corrected chi connectivity index (χ0v) is 12.6. The van der Waals surface area contributed by atoms with E-state index in [0.717, 1.165) is 0 Å². The predicted octanol–water partition coefficient (Wildman–Crippen LogP) is 3.65. The van der Waals surface area contributed by atoms with E-state index in [0.29, 0.717) is 16.8 Å². The maximum absolute atomic E-state index is 13.0. The summed E-state index contributed by atoms with van der Waals surface area (Å²) in [4.78, 5) is 23.5. The number of anilines is 1. The Balaban J connectivity index is 2.03. The van der Waals surface area contributed by atoms with Crippen molar-refractivity contribution in [3.8, 4) is 0 Å². The minimum atomic E-state index is -0.445. The van der Waals surface area contributed by atoms with Gasteiger partial charge in [0.2, 0.25) is 5.91 Å². The van der Waals surface area contributed by atoms with E-state index in [4.69, 9.17) is 4.74 Å². The van der Waals surface area contributed by atoms with Crippen LogP contribution >= 0.6 is 0 Å². The van der Waals surface area contributed by atoms with Gasteiger partial charge in [-0.2, -0.15) is 0 Å². The summed E-state index contributed by atoms with van der Waals surface area (Å²) in [5.41, 5.74) is 1.42. The van der Waals surface area contributed by atoms with Crippen LogP contribution in [0.15, 0.2) is 54.6 Å². The van der Waals surface area contributed by atoms with Crippen LogP contribution in [0.4, 0.5) is 10.1 Å². The molecule has 0 bridgehead atoms. The molecule has 1 amide bonds. The van der Waals surface area contributed by atoms with Crippen LogP contribution in [0.3, 0.4) is 0 Å². The quantitative estimate of drug-likeness (QED) is 0.677. The Kier molecular flexibility index (Phi) is 5.63. The monoisotopic (exact) mass is 313 g/mol. The Morgan fingerprint density at radius 2 is 1.96 bits per heavy atom. The maximum atomic E-state index is 13.0. The zero-order valence-electron chi connectivity index (χ0n) is 12.6. The van der Waals surface area contributed by atoms with Crippen molar-refractivity contribution < 1.29 is 18.7 Å². The van der Waals surface area contributed by atoms with Crippen molar-refractivity contribution in [1.29, 1.82) is 0 Å². The number of esters is 1. The Morgan fingerprint density at radius 1 is 1.17 bits per heavy atom. The molecule has 0 saturated heterocycles. The summed E-state index contributed by atoms with van der Waals surface area (Å²) in [5, 5.41) is 2.64. The Morgan fingerprint density at radius 3 is 2.70 bits per heavy atom. The summed E-state index contributed by atoms with van der Waals surface area (Å²) in [5.74, 6) is -1.19. The van der Waals surface area contributed by atoms with Gasteiger partial charge in [0.05, 0.1) is 12.2 Å². The molecule has 0 spiro atoms. The third kappa shape index (κ3) is 5.07. The fraction of sp³-hybridized carbons (Fsp3) is 0.111. The minimum absolute atomic E-state index is 0.284. The molecule has 5 heteroatoms. The first-order valence-corrected chi connectivity index (χ1v) is 7.10. The fourth-order valence-corrected chi connectivity index (χ4v) is 1.90. The minimum Gasteiger partial charge on any atom is -0.462 e. The zero-order chi connectivity index (χ0) is 16.7. The van der Waals surface area contributed by atoms with Gasteiger partial charge < -0.3 is 10.1 Å². The average molecular weight is 313 g/mol. The standard InChI is InChI=1S/C18H16FNO3/c1-2-23-18(22)14-6-4-8-16(12-14)20-17(21)10-9-13-5-3-7-15(19)11-13/h3-12H,2H2,1H3,(H,20,21)/b10-9+. The van der Waals surface area contributed by atoms with Crippen molar-refractivity contribution in [2.75, 3.05) is 11.9 Å². The average Bonchev–Trinajstić information content (AvgIpc) is 2.53. The summed E-state index contributed by atoms with van der Waals surface area (Å²) < 4.78 is 17.9. The smallest absolute Gasteiger partial charge is 0.338 e. The van der Waals surface area contributed by atoms with E-state index in [9.17, 15) is 14.0 Å². The molecule has 2 aromatic rings. The van der Waals surface area contributed by atoms with Gasteiger partial charge in [-0.1, -0.05) is 18.2 Å². The molecule has 0 heterocycles. The van der Waals surface area contributed by atoms with Crippen LogP contribution in [0, 0.1) is 5.82 Å². The number of halogens is 1. The Labute approximate surface area is 133 Å². The van der Waals surface area contributed by atoms with Crippen LogP contribution in [0.1, 0.15) is 22.8 Å². The highest BCUT2D eigenvalue weighted by Crippen LogP contribution is 2.12. The van der Waals surface area contributed by atoms with Gasteiger partial charge in [0.15, 0.2) is 0 Å². The molecule has 4 nitrogen and oxygen atoms in total. The van der Waals surface area contributed by atoms with Crippen molar-refractivity contribution in [1.82, 2.24) is 0 Å². The molecule has 0 aliphatic carbocycles.